The molecule has 1 fully saturated rings. The van der Waals surface area contributed by atoms with Gasteiger partial charge in [-0.2, -0.15) is 0 Å². The molecule has 0 radical (unpaired) electrons. The van der Waals surface area contributed by atoms with Crippen LogP contribution in [0.2, 0.25) is 0 Å². The van der Waals surface area contributed by atoms with Gasteiger partial charge < -0.3 is 15.0 Å². The van der Waals surface area contributed by atoms with Gasteiger partial charge in [0.1, 0.15) is 0 Å². The van der Waals surface area contributed by atoms with Crippen molar-refractivity contribution in [2.75, 3.05) is 33.4 Å². The van der Waals surface area contributed by atoms with E-state index in [9.17, 15) is 4.79 Å². The lowest BCUT2D eigenvalue weighted by atomic mass is 10.0. The van der Waals surface area contributed by atoms with E-state index in [0.29, 0.717) is 13.2 Å². The Balaban J connectivity index is 2.71. The lowest BCUT2D eigenvalue weighted by molar-refractivity contribution is -0.129. The van der Waals surface area contributed by atoms with Crippen molar-refractivity contribution >= 4 is 5.91 Å². The highest BCUT2D eigenvalue weighted by Crippen LogP contribution is 2.14. The summed E-state index contributed by atoms with van der Waals surface area (Å²) in [6, 6.07) is 0.265. The molecule has 0 aromatic carbocycles. The van der Waals surface area contributed by atoms with Gasteiger partial charge >= 0.3 is 0 Å². The molecule has 1 N–H and O–H groups in total. The second-order valence-electron chi connectivity index (χ2n) is 4.58. The molecule has 0 aliphatic carbocycles. The highest BCUT2D eigenvalue weighted by atomic mass is 16.5. The molecule has 1 saturated heterocycles. The van der Waals surface area contributed by atoms with E-state index in [1.807, 2.05) is 11.8 Å². The van der Waals surface area contributed by atoms with E-state index in [-0.39, 0.29) is 11.9 Å². The van der Waals surface area contributed by atoms with Crippen LogP contribution in [0, 0.1) is 0 Å². The fraction of sp³-hybridized carbons (Fsp3) is 0.769. The first-order chi connectivity index (χ1) is 8.11. The third-order valence-corrected chi connectivity index (χ3v) is 3.45. The molecule has 0 saturated carbocycles. The predicted octanol–water partition coefficient (Wildman–Crippen LogP) is 1.18. The quantitative estimate of drug-likeness (QED) is 0.709. The number of carbonyl (C=O) groups excluding carboxylic acids is 1. The van der Waals surface area contributed by atoms with Crippen LogP contribution in [0.3, 0.4) is 0 Å². The molecule has 1 amide bonds. The molecule has 0 aromatic heterocycles. The third kappa shape index (κ3) is 3.54. The smallest absolute Gasteiger partial charge is 0.249 e. The van der Waals surface area contributed by atoms with Crippen LogP contribution < -0.4 is 5.32 Å². The molecular formula is C13H24N2O2. The van der Waals surface area contributed by atoms with E-state index in [2.05, 4.69) is 19.2 Å². The van der Waals surface area contributed by atoms with E-state index in [1.54, 1.807) is 7.11 Å². The Morgan fingerprint density at radius 3 is 2.59 bits per heavy atom. The Kier molecular flexibility index (Phi) is 5.65. The van der Waals surface area contributed by atoms with Crippen molar-refractivity contribution in [2.45, 2.75) is 33.2 Å². The Bertz CT molecular complexity index is 294. The van der Waals surface area contributed by atoms with E-state index >= 15 is 0 Å². The summed E-state index contributed by atoms with van der Waals surface area (Å²) >= 11 is 0. The average molecular weight is 240 g/mol. The monoisotopic (exact) mass is 240 g/mol. The average Bonchev–Trinajstić information content (AvgIpc) is 2.26. The zero-order valence-corrected chi connectivity index (χ0v) is 11.4. The molecule has 1 aliphatic heterocycles. The first kappa shape index (κ1) is 14.2. The number of hydrogen-bond acceptors (Lipinski definition) is 3. The standard InChI is InChI=1S/C13H24N2O2/c1-5-10(2)15(6-7-17-4)13(16)11(3)12-8-14-9-12/h10,14H,5-9H2,1-4H3. The van der Waals surface area contributed by atoms with Gasteiger partial charge in [0.05, 0.1) is 6.61 Å². The minimum absolute atomic E-state index is 0.160. The van der Waals surface area contributed by atoms with Crippen molar-refractivity contribution in [2.24, 2.45) is 0 Å². The van der Waals surface area contributed by atoms with Crippen LogP contribution in [0.5, 0.6) is 0 Å². The van der Waals surface area contributed by atoms with E-state index in [1.165, 1.54) is 5.57 Å². The fourth-order valence-corrected chi connectivity index (χ4v) is 1.81. The van der Waals surface area contributed by atoms with Crippen LogP contribution >= 0.6 is 0 Å². The molecule has 0 spiro atoms. The molecule has 4 nitrogen and oxygen atoms in total. The molecule has 1 aliphatic rings. The van der Waals surface area contributed by atoms with Crippen molar-refractivity contribution in [3.63, 3.8) is 0 Å². The minimum atomic E-state index is 0.160. The van der Waals surface area contributed by atoms with Crippen LogP contribution in [-0.2, 0) is 9.53 Å². The molecule has 0 aromatic rings. The van der Waals surface area contributed by atoms with Gasteiger partial charge in [-0.25, -0.2) is 0 Å². The van der Waals surface area contributed by atoms with Gasteiger partial charge in [-0.1, -0.05) is 6.92 Å². The molecule has 1 heterocycles. The normalized spacial score (nSPS) is 16.4. The summed E-state index contributed by atoms with van der Waals surface area (Å²) in [7, 11) is 1.67. The maximum atomic E-state index is 12.4. The van der Waals surface area contributed by atoms with Crippen molar-refractivity contribution in [3.8, 4) is 0 Å². The summed E-state index contributed by atoms with van der Waals surface area (Å²) < 4.78 is 5.08. The Morgan fingerprint density at radius 2 is 2.18 bits per heavy atom. The number of amides is 1. The zero-order chi connectivity index (χ0) is 12.8. The first-order valence-electron chi connectivity index (χ1n) is 6.31. The van der Waals surface area contributed by atoms with Gasteiger partial charge in [-0.3, -0.25) is 4.79 Å². The number of rotatable bonds is 6. The van der Waals surface area contributed by atoms with Crippen LogP contribution in [0.25, 0.3) is 0 Å². The highest BCUT2D eigenvalue weighted by Gasteiger charge is 2.23. The second-order valence-corrected chi connectivity index (χ2v) is 4.58. The van der Waals surface area contributed by atoms with Crippen LogP contribution in [0.15, 0.2) is 11.1 Å². The summed E-state index contributed by atoms with van der Waals surface area (Å²) in [6.45, 7) is 9.10. The number of ether oxygens (including phenoxy) is 1. The largest absolute Gasteiger partial charge is 0.383 e. The van der Waals surface area contributed by atoms with E-state index < -0.39 is 0 Å². The molecule has 0 bridgehead atoms. The number of hydrogen-bond donors (Lipinski definition) is 1. The van der Waals surface area contributed by atoms with Crippen LogP contribution in [0.4, 0.5) is 0 Å². The van der Waals surface area contributed by atoms with Gasteiger partial charge in [0, 0.05) is 38.4 Å². The van der Waals surface area contributed by atoms with Crippen molar-refractivity contribution in [1.82, 2.24) is 10.2 Å². The van der Waals surface area contributed by atoms with E-state index in [0.717, 1.165) is 25.1 Å². The number of carbonyl (C=O) groups is 1. The van der Waals surface area contributed by atoms with Gasteiger partial charge in [0.2, 0.25) is 5.91 Å². The van der Waals surface area contributed by atoms with Gasteiger partial charge in [0.15, 0.2) is 0 Å². The minimum Gasteiger partial charge on any atom is -0.383 e. The molecule has 17 heavy (non-hydrogen) atoms. The number of nitrogens with zero attached hydrogens (tertiary/aromatic N) is 1. The molecule has 1 rings (SSSR count). The zero-order valence-electron chi connectivity index (χ0n) is 11.4. The van der Waals surface area contributed by atoms with Crippen LogP contribution in [0.1, 0.15) is 27.2 Å². The summed E-state index contributed by atoms with van der Waals surface area (Å²) in [6.07, 6.45) is 0.969. The summed E-state index contributed by atoms with van der Waals surface area (Å²) in [5.74, 6) is 0.160. The Morgan fingerprint density at radius 1 is 1.53 bits per heavy atom. The number of methoxy groups -OCH3 is 1. The van der Waals surface area contributed by atoms with Crippen molar-refractivity contribution < 1.29 is 9.53 Å². The topological polar surface area (TPSA) is 41.6 Å². The molecule has 98 valence electrons. The molecule has 4 heteroatoms. The summed E-state index contributed by atoms with van der Waals surface area (Å²) in [5.41, 5.74) is 2.14. The highest BCUT2D eigenvalue weighted by molar-refractivity contribution is 5.94. The maximum Gasteiger partial charge on any atom is 0.249 e. The third-order valence-electron chi connectivity index (χ3n) is 3.45. The Hall–Kier alpha value is -0.870. The molecule has 1 unspecified atom stereocenters. The molecular weight excluding hydrogens is 216 g/mol. The summed E-state index contributed by atoms with van der Waals surface area (Å²) in [5, 5.41) is 3.17. The second kappa shape index (κ2) is 6.77. The summed E-state index contributed by atoms with van der Waals surface area (Å²) in [4.78, 5) is 14.3. The van der Waals surface area contributed by atoms with Crippen molar-refractivity contribution in [1.29, 1.82) is 0 Å². The first-order valence-corrected chi connectivity index (χ1v) is 6.31. The molecule has 1 atom stereocenters. The van der Waals surface area contributed by atoms with Gasteiger partial charge in [-0.15, -0.1) is 0 Å². The van der Waals surface area contributed by atoms with Gasteiger partial charge in [-0.05, 0) is 25.8 Å². The van der Waals surface area contributed by atoms with Gasteiger partial charge in [0.25, 0.3) is 0 Å². The lowest BCUT2D eigenvalue weighted by Crippen LogP contribution is -2.43. The van der Waals surface area contributed by atoms with Crippen LogP contribution in [-0.4, -0.2) is 50.2 Å². The SMILES string of the molecule is CCC(C)N(CCOC)C(=O)C(C)=C1CNC1. The van der Waals surface area contributed by atoms with E-state index in [4.69, 9.17) is 4.74 Å². The maximum absolute atomic E-state index is 12.4. The lowest BCUT2D eigenvalue weighted by Gasteiger charge is -2.31. The predicted molar refractivity (Wildman–Crippen MR) is 68.9 cm³/mol. The van der Waals surface area contributed by atoms with Crippen molar-refractivity contribution in [3.05, 3.63) is 11.1 Å². The number of nitrogens with one attached hydrogen (secondary N) is 1. The fourth-order valence-electron chi connectivity index (χ4n) is 1.81. The Labute approximate surface area is 104 Å².